The first-order valence-electron chi connectivity index (χ1n) is 7.85. The number of nitrogens with one attached hydrogen (secondary N) is 1. The number of aryl methyl sites for hydroxylation is 1. The van der Waals surface area contributed by atoms with Crippen LogP contribution in [-0.2, 0) is 11.8 Å². The van der Waals surface area contributed by atoms with Crippen molar-refractivity contribution in [2.75, 3.05) is 25.1 Å². The molecule has 2 atom stereocenters. The van der Waals surface area contributed by atoms with E-state index in [1.165, 1.54) is 25.6 Å². The molecule has 1 aromatic heterocycles. The fourth-order valence-corrected chi connectivity index (χ4v) is 4.01. The molecule has 22 heavy (non-hydrogen) atoms. The lowest BCUT2D eigenvalue weighted by atomic mass is 10.1. The van der Waals surface area contributed by atoms with E-state index < -0.39 is 0 Å². The van der Waals surface area contributed by atoms with E-state index in [1.54, 1.807) is 0 Å². The highest BCUT2D eigenvalue weighted by Gasteiger charge is 2.36. The molecule has 0 radical (unpaired) electrons. The summed E-state index contributed by atoms with van der Waals surface area (Å²) in [5, 5.41) is 4.47. The van der Waals surface area contributed by atoms with Gasteiger partial charge in [0.05, 0.1) is 18.2 Å². The number of ether oxygens (including phenoxy) is 1. The van der Waals surface area contributed by atoms with Crippen LogP contribution >= 0.6 is 0 Å². The number of benzene rings is 1. The molecule has 4 rings (SSSR count). The van der Waals surface area contributed by atoms with E-state index in [4.69, 9.17) is 4.74 Å². The Morgan fingerprint density at radius 2 is 2.00 bits per heavy atom. The summed E-state index contributed by atoms with van der Waals surface area (Å²) in [4.78, 5) is 14.4. The molecule has 1 N–H and O–H groups in total. The van der Waals surface area contributed by atoms with E-state index in [0.29, 0.717) is 17.6 Å². The highest BCUT2D eigenvalue weighted by atomic mass is 16.5. The standard InChI is InChI=1S/C17H21N3O2/c1-19-10-15(17(21)22-2)14-6-5-11(7-16(14)19)20-12-3-4-13(20)9-18-8-12/h5-7,10,12-13,18H,3-4,8-9H2,1-2H3. The molecule has 1 aromatic carbocycles. The van der Waals surface area contributed by atoms with Gasteiger partial charge in [-0.15, -0.1) is 0 Å². The molecule has 2 unspecified atom stereocenters. The number of methoxy groups -OCH3 is 1. The molecule has 2 aliphatic rings. The largest absolute Gasteiger partial charge is 0.465 e. The Morgan fingerprint density at radius 3 is 2.68 bits per heavy atom. The summed E-state index contributed by atoms with van der Waals surface area (Å²) in [5.41, 5.74) is 2.98. The van der Waals surface area contributed by atoms with Gasteiger partial charge in [-0.3, -0.25) is 0 Å². The minimum Gasteiger partial charge on any atom is -0.465 e. The van der Waals surface area contributed by atoms with Crippen LogP contribution in [-0.4, -0.2) is 42.8 Å². The summed E-state index contributed by atoms with van der Waals surface area (Å²) in [5.74, 6) is -0.277. The zero-order valence-corrected chi connectivity index (χ0v) is 13.0. The van der Waals surface area contributed by atoms with Crippen molar-refractivity contribution in [3.8, 4) is 0 Å². The zero-order valence-electron chi connectivity index (χ0n) is 13.0. The Morgan fingerprint density at radius 1 is 1.27 bits per heavy atom. The molecule has 0 spiro atoms. The van der Waals surface area contributed by atoms with Crippen molar-refractivity contribution in [2.24, 2.45) is 7.05 Å². The number of nitrogens with zero attached hydrogens (tertiary/aromatic N) is 2. The van der Waals surface area contributed by atoms with E-state index >= 15 is 0 Å². The summed E-state index contributed by atoms with van der Waals surface area (Å²) in [7, 11) is 3.40. The maximum atomic E-state index is 11.9. The van der Waals surface area contributed by atoms with Gasteiger partial charge < -0.3 is 19.5 Å². The van der Waals surface area contributed by atoms with Gasteiger partial charge in [0.25, 0.3) is 0 Å². The fraction of sp³-hybridized carbons (Fsp3) is 0.471. The fourth-order valence-electron chi connectivity index (χ4n) is 4.01. The van der Waals surface area contributed by atoms with Crippen LogP contribution in [0.3, 0.4) is 0 Å². The van der Waals surface area contributed by atoms with Crippen LogP contribution in [0.2, 0.25) is 0 Å². The Labute approximate surface area is 129 Å². The Bertz CT molecular complexity index is 721. The van der Waals surface area contributed by atoms with Gasteiger partial charge in [-0.2, -0.15) is 0 Å². The van der Waals surface area contributed by atoms with E-state index in [9.17, 15) is 4.79 Å². The number of piperazine rings is 1. The SMILES string of the molecule is COC(=O)c1cn(C)c2cc(N3C4CCC3CNC4)ccc12. The molecule has 2 bridgehead atoms. The molecule has 5 nitrogen and oxygen atoms in total. The lowest BCUT2D eigenvalue weighted by molar-refractivity contribution is 0.0603. The van der Waals surface area contributed by atoms with Crippen LogP contribution in [0.1, 0.15) is 23.2 Å². The molecule has 116 valence electrons. The minimum atomic E-state index is -0.277. The maximum absolute atomic E-state index is 11.9. The number of esters is 1. The van der Waals surface area contributed by atoms with Crippen molar-refractivity contribution in [1.82, 2.24) is 9.88 Å². The predicted octanol–water partition coefficient (Wildman–Crippen LogP) is 1.91. The topological polar surface area (TPSA) is 46.5 Å². The highest BCUT2D eigenvalue weighted by molar-refractivity contribution is 6.05. The Hall–Kier alpha value is -2.01. The number of carbonyl (C=O) groups is 1. The van der Waals surface area contributed by atoms with Gasteiger partial charge in [0.1, 0.15) is 0 Å². The van der Waals surface area contributed by atoms with Crippen molar-refractivity contribution in [3.63, 3.8) is 0 Å². The molecule has 3 heterocycles. The molecule has 2 aromatic rings. The Kier molecular flexibility index (Phi) is 3.11. The number of hydrogen-bond donors (Lipinski definition) is 1. The van der Waals surface area contributed by atoms with E-state index in [2.05, 4.69) is 28.4 Å². The van der Waals surface area contributed by atoms with Gasteiger partial charge in [-0.1, -0.05) is 0 Å². The van der Waals surface area contributed by atoms with Gasteiger partial charge in [-0.05, 0) is 31.0 Å². The summed E-state index contributed by atoms with van der Waals surface area (Å²) in [6.07, 6.45) is 4.37. The lowest BCUT2D eigenvalue weighted by Crippen LogP contribution is -2.51. The third-order valence-corrected chi connectivity index (χ3v) is 5.06. The number of hydrogen-bond acceptors (Lipinski definition) is 4. The van der Waals surface area contributed by atoms with Crippen molar-refractivity contribution in [2.45, 2.75) is 24.9 Å². The van der Waals surface area contributed by atoms with Crippen molar-refractivity contribution < 1.29 is 9.53 Å². The van der Waals surface area contributed by atoms with Crippen LogP contribution in [0.25, 0.3) is 10.9 Å². The molecule has 0 aliphatic carbocycles. The Balaban J connectivity index is 1.78. The molecule has 5 heteroatoms. The first-order valence-corrected chi connectivity index (χ1v) is 7.85. The van der Waals surface area contributed by atoms with Gasteiger partial charge in [0.2, 0.25) is 0 Å². The molecule has 2 fully saturated rings. The second kappa shape index (κ2) is 5.02. The van der Waals surface area contributed by atoms with E-state index in [-0.39, 0.29) is 5.97 Å². The van der Waals surface area contributed by atoms with Crippen molar-refractivity contribution in [1.29, 1.82) is 0 Å². The molecular weight excluding hydrogens is 278 g/mol. The monoisotopic (exact) mass is 299 g/mol. The van der Waals surface area contributed by atoms with Gasteiger partial charge >= 0.3 is 5.97 Å². The molecule has 2 aliphatic heterocycles. The normalized spacial score (nSPS) is 24.0. The maximum Gasteiger partial charge on any atom is 0.340 e. The first-order chi connectivity index (χ1) is 10.7. The average molecular weight is 299 g/mol. The van der Waals surface area contributed by atoms with Gasteiger partial charge in [0, 0.05) is 49.5 Å². The predicted molar refractivity (Wildman–Crippen MR) is 86.4 cm³/mol. The van der Waals surface area contributed by atoms with Crippen LogP contribution in [0.15, 0.2) is 24.4 Å². The molecular formula is C17H21N3O2. The third kappa shape index (κ3) is 1.92. The lowest BCUT2D eigenvalue weighted by Gasteiger charge is -2.37. The number of aromatic nitrogens is 1. The quantitative estimate of drug-likeness (QED) is 0.861. The van der Waals surface area contributed by atoms with E-state index in [0.717, 1.165) is 24.0 Å². The summed E-state index contributed by atoms with van der Waals surface area (Å²) in [6, 6.07) is 7.59. The number of carbonyl (C=O) groups excluding carboxylic acids is 1. The smallest absolute Gasteiger partial charge is 0.340 e. The third-order valence-electron chi connectivity index (χ3n) is 5.06. The van der Waals surface area contributed by atoms with Gasteiger partial charge in [0.15, 0.2) is 0 Å². The van der Waals surface area contributed by atoms with Crippen molar-refractivity contribution in [3.05, 3.63) is 30.0 Å². The summed E-state index contributed by atoms with van der Waals surface area (Å²) >= 11 is 0. The summed E-state index contributed by atoms with van der Waals surface area (Å²) in [6.45, 7) is 2.13. The first kappa shape index (κ1) is 13.6. The van der Waals surface area contributed by atoms with Crippen LogP contribution in [0.5, 0.6) is 0 Å². The average Bonchev–Trinajstić information content (AvgIpc) is 3.00. The highest BCUT2D eigenvalue weighted by Crippen LogP contribution is 2.34. The van der Waals surface area contributed by atoms with Crippen LogP contribution in [0.4, 0.5) is 5.69 Å². The molecule has 0 saturated carbocycles. The van der Waals surface area contributed by atoms with Crippen LogP contribution < -0.4 is 10.2 Å². The molecule has 0 amide bonds. The van der Waals surface area contributed by atoms with Gasteiger partial charge in [-0.25, -0.2) is 4.79 Å². The van der Waals surface area contributed by atoms with Crippen molar-refractivity contribution >= 4 is 22.6 Å². The summed E-state index contributed by atoms with van der Waals surface area (Å²) < 4.78 is 6.89. The number of rotatable bonds is 2. The van der Waals surface area contributed by atoms with Crippen LogP contribution in [0, 0.1) is 0 Å². The zero-order chi connectivity index (χ0) is 15.3. The number of anilines is 1. The minimum absolute atomic E-state index is 0.277. The second-order valence-electron chi connectivity index (χ2n) is 6.30. The van der Waals surface area contributed by atoms with E-state index in [1.807, 2.05) is 17.8 Å². The second-order valence-corrected chi connectivity index (χ2v) is 6.30. The molecule has 2 saturated heterocycles. The number of fused-ring (bicyclic) bond motifs is 3.